The van der Waals surface area contributed by atoms with Crippen molar-refractivity contribution < 1.29 is 52.2 Å². The van der Waals surface area contributed by atoms with Crippen LogP contribution >= 0.6 is 7.82 Å². The van der Waals surface area contributed by atoms with Crippen LogP contribution in [0.2, 0.25) is 0 Å². The highest BCUT2D eigenvalue weighted by molar-refractivity contribution is 7.47. The topological polar surface area (TPSA) is 155 Å². The van der Waals surface area contributed by atoms with E-state index in [1.807, 2.05) is 0 Å². The summed E-state index contributed by atoms with van der Waals surface area (Å²) in [6, 6.07) is 0. The van der Waals surface area contributed by atoms with Crippen molar-refractivity contribution in [2.75, 3.05) is 26.4 Å². The molecule has 3 atom stereocenters. The molecule has 74 heavy (non-hydrogen) atoms. The summed E-state index contributed by atoms with van der Waals surface area (Å²) in [5.74, 6) is -1.43. The zero-order valence-corrected chi connectivity index (χ0v) is 49.5. The lowest BCUT2D eigenvalue weighted by Crippen LogP contribution is -2.30. The number of phosphoric acid groups is 1. The minimum atomic E-state index is -4.74. The molecule has 0 aromatic rings. The number of ether oxygens (including phenoxy) is 3. The fourth-order valence-corrected chi connectivity index (χ4v) is 10.1. The molecule has 0 aliphatic rings. The van der Waals surface area contributed by atoms with Crippen molar-refractivity contribution in [2.24, 2.45) is 0 Å². The Balaban J connectivity index is 4.62. The van der Waals surface area contributed by atoms with Gasteiger partial charge >= 0.3 is 25.7 Å². The van der Waals surface area contributed by atoms with Crippen LogP contribution < -0.4 is 0 Å². The van der Waals surface area contributed by atoms with Crippen LogP contribution in [0.25, 0.3) is 0 Å². The molecule has 0 aromatic heterocycles. The van der Waals surface area contributed by atoms with Gasteiger partial charge in [-0.1, -0.05) is 277 Å². The average Bonchev–Trinajstić information content (AvgIpc) is 3.39. The third-order valence-corrected chi connectivity index (χ3v) is 15.1. The van der Waals surface area contributed by atoms with Gasteiger partial charge in [0, 0.05) is 19.3 Å². The highest BCUT2D eigenvalue weighted by atomic mass is 31.2. The third-order valence-electron chi connectivity index (χ3n) is 14.2. The minimum absolute atomic E-state index is 0.170. The van der Waals surface area contributed by atoms with E-state index in [4.69, 9.17) is 23.3 Å². The molecule has 0 radical (unpaired) electrons. The molecule has 0 saturated carbocycles. The van der Waals surface area contributed by atoms with Crippen molar-refractivity contribution >= 4 is 25.7 Å². The largest absolute Gasteiger partial charge is 0.472 e. The zero-order chi connectivity index (χ0) is 54.1. The van der Waals surface area contributed by atoms with Crippen LogP contribution in [0.4, 0.5) is 0 Å². The number of esters is 3. The van der Waals surface area contributed by atoms with Gasteiger partial charge in [-0.25, -0.2) is 4.57 Å². The van der Waals surface area contributed by atoms with Gasteiger partial charge in [-0.2, -0.15) is 0 Å². The Kier molecular flexibility index (Phi) is 56.0. The van der Waals surface area contributed by atoms with Crippen LogP contribution in [-0.4, -0.2) is 66.5 Å². The summed E-state index contributed by atoms with van der Waals surface area (Å²) in [7, 11) is -4.74. The van der Waals surface area contributed by atoms with Crippen molar-refractivity contribution in [1.29, 1.82) is 0 Å². The summed E-state index contributed by atoms with van der Waals surface area (Å²) in [5, 5.41) is 9.84. The first kappa shape index (κ1) is 72.2. The molecule has 0 aliphatic carbocycles. The number of phosphoric ester groups is 1. The van der Waals surface area contributed by atoms with E-state index in [0.29, 0.717) is 19.3 Å². The smallest absolute Gasteiger partial charge is 0.462 e. The van der Waals surface area contributed by atoms with E-state index in [1.54, 1.807) is 0 Å². The molecule has 3 unspecified atom stereocenters. The SMILES string of the molecule is CCCCCCCC/C=C\CCCCCCCCCC(=O)OC(COC(=O)CCCCCCCCCCCCCCC)COP(=O)(O)OCC(CO)OC(=O)CCCCCCCCCCCCCCCCCCC. The first-order valence-corrected chi connectivity index (χ1v) is 33.1. The molecule has 0 rings (SSSR count). The van der Waals surface area contributed by atoms with Gasteiger partial charge in [-0.15, -0.1) is 0 Å². The molecule has 0 heterocycles. The Bertz CT molecular complexity index is 1290. The number of hydrogen-bond acceptors (Lipinski definition) is 10. The molecule has 0 amide bonds. The maximum Gasteiger partial charge on any atom is 0.472 e. The molecule has 438 valence electrons. The number of aliphatic hydroxyl groups is 1. The van der Waals surface area contributed by atoms with Crippen LogP contribution in [0.3, 0.4) is 0 Å². The van der Waals surface area contributed by atoms with Gasteiger partial charge in [0.05, 0.1) is 19.8 Å². The molecule has 0 spiro atoms. The van der Waals surface area contributed by atoms with Crippen LogP contribution in [0.5, 0.6) is 0 Å². The standard InChI is InChI=1S/C62H119O11P/c1-4-7-10-13-16-19-22-25-27-29-31-34-37-40-43-46-49-52-61(65)72-58(54-63)56-70-74(67,68)71-57-59(55-69-60(64)51-48-45-42-39-36-33-24-21-18-15-12-9-6-3)73-62(66)53-50-47-44-41-38-35-32-30-28-26-23-20-17-14-11-8-5-2/h26,28,58-59,63H,4-25,27,29-57H2,1-3H3,(H,67,68)/b28-26-. The zero-order valence-electron chi connectivity index (χ0n) is 48.6. The summed E-state index contributed by atoms with van der Waals surface area (Å²) in [6.45, 7) is 4.72. The van der Waals surface area contributed by atoms with Crippen molar-refractivity contribution in [2.45, 2.75) is 341 Å². The van der Waals surface area contributed by atoms with Crippen LogP contribution in [0, 0.1) is 0 Å². The highest BCUT2D eigenvalue weighted by Crippen LogP contribution is 2.43. The number of rotatable bonds is 60. The quantitative estimate of drug-likeness (QED) is 0.0197. The number of carbonyl (C=O) groups excluding carboxylic acids is 3. The molecular formula is C62H119O11P. The van der Waals surface area contributed by atoms with Gasteiger partial charge < -0.3 is 24.2 Å². The molecule has 2 N–H and O–H groups in total. The van der Waals surface area contributed by atoms with E-state index >= 15 is 0 Å². The van der Waals surface area contributed by atoms with Crippen molar-refractivity contribution in [1.82, 2.24) is 0 Å². The van der Waals surface area contributed by atoms with Gasteiger partial charge in [0.2, 0.25) is 0 Å². The Morgan fingerprint density at radius 3 is 0.932 bits per heavy atom. The molecule has 12 heteroatoms. The Morgan fingerprint density at radius 2 is 0.622 bits per heavy atom. The van der Waals surface area contributed by atoms with E-state index in [-0.39, 0.29) is 25.9 Å². The molecule has 11 nitrogen and oxygen atoms in total. The van der Waals surface area contributed by atoms with Crippen LogP contribution in [0.1, 0.15) is 329 Å². The third kappa shape index (κ3) is 55.0. The Hall–Kier alpha value is -1.78. The van der Waals surface area contributed by atoms with E-state index in [1.165, 1.54) is 205 Å². The molecule has 0 fully saturated rings. The van der Waals surface area contributed by atoms with E-state index in [0.717, 1.165) is 64.2 Å². The van der Waals surface area contributed by atoms with Crippen molar-refractivity contribution in [3.63, 3.8) is 0 Å². The predicted octanol–water partition coefficient (Wildman–Crippen LogP) is 18.8. The lowest BCUT2D eigenvalue weighted by molar-refractivity contribution is -0.161. The predicted molar refractivity (Wildman–Crippen MR) is 307 cm³/mol. The van der Waals surface area contributed by atoms with E-state index < -0.39 is 57.8 Å². The fraction of sp³-hybridized carbons (Fsp3) is 0.919. The molecule has 0 aromatic carbocycles. The monoisotopic (exact) mass is 1070 g/mol. The fourth-order valence-electron chi connectivity index (χ4n) is 9.35. The minimum Gasteiger partial charge on any atom is -0.462 e. The second-order valence-electron chi connectivity index (χ2n) is 21.6. The van der Waals surface area contributed by atoms with Gasteiger partial charge in [0.25, 0.3) is 0 Å². The summed E-state index contributed by atoms with van der Waals surface area (Å²) >= 11 is 0. The summed E-state index contributed by atoms with van der Waals surface area (Å²) in [6.07, 6.45) is 57.3. The number of aliphatic hydroxyl groups excluding tert-OH is 1. The van der Waals surface area contributed by atoms with Gasteiger partial charge in [0.15, 0.2) is 6.10 Å². The summed E-state index contributed by atoms with van der Waals surface area (Å²) in [4.78, 5) is 48.6. The van der Waals surface area contributed by atoms with Gasteiger partial charge in [0.1, 0.15) is 12.7 Å². The highest BCUT2D eigenvalue weighted by Gasteiger charge is 2.28. The maximum absolute atomic E-state index is 12.9. The Labute approximate surface area is 456 Å². The second-order valence-corrected chi connectivity index (χ2v) is 23.0. The summed E-state index contributed by atoms with van der Waals surface area (Å²) in [5.41, 5.74) is 0. The van der Waals surface area contributed by atoms with Crippen LogP contribution in [-0.2, 0) is 42.2 Å². The van der Waals surface area contributed by atoms with E-state index in [9.17, 15) is 28.9 Å². The van der Waals surface area contributed by atoms with Crippen molar-refractivity contribution in [3.8, 4) is 0 Å². The van der Waals surface area contributed by atoms with E-state index in [2.05, 4.69) is 32.9 Å². The maximum atomic E-state index is 12.9. The lowest BCUT2D eigenvalue weighted by atomic mass is 10.0. The second kappa shape index (κ2) is 57.4. The first-order chi connectivity index (χ1) is 36.2. The number of allylic oxidation sites excluding steroid dienone is 2. The molecule has 0 saturated heterocycles. The molecule has 0 aliphatic heterocycles. The first-order valence-electron chi connectivity index (χ1n) is 31.6. The lowest BCUT2D eigenvalue weighted by Gasteiger charge is -2.21. The van der Waals surface area contributed by atoms with Crippen LogP contribution in [0.15, 0.2) is 12.2 Å². The average molecular weight is 1070 g/mol. The Morgan fingerprint density at radius 1 is 0.365 bits per heavy atom. The molecular weight excluding hydrogens is 952 g/mol. The number of carbonyl (C=O) groups is 3. The van der Waals surface area contributed by atoms with Crippen molar-refractivity contribution in [3.05, 3.63) is 12.2 Å². The number of hydrogen-bond donors (Lipinski definition) is 2. The summed E-state index contributed by atoms with van der Waals surface area (Å²) < 4.78 is 39.6. The number of unbranched alkanes of at least 4 members (excludes halogenated alkanes) is 41. The molecule has 0 bridgehead atoms. The van der Waals surface area contributed by atoms with Gasteiger partial charge in [-0.3, -0.25) is 23.4 Å². The normalized spacial score (nSPS) is 13.3. The van der Waals surface area contributed by atoms with Gasteiger partial charge in [-0.05, 0) is 44.9 Å².